The van der Waals surface area contributed by atoms with Gasteiger partial charge in [0.1, 0.15) is 0 Å². The van der Waals surface area contributed by atoms with Gasteiger partial charge in [-0.05, 0) is 11.6 Å². The molecule has 0 aliphatic carbocycles. The minimum absolute atomic E-state index is 0.0706. The summed E-state index contributed by atoms with van der Waals surface area (Å²) in [5, 5.41) is 0.741. The van der Waals surface area contributed by atoms with Crippen molar-refractivity contribution in [3.8, 4) is 12.3 Å². The molecule has 0 saturated heterocycles. The van der Waals surface area contributed by atoms with Crippen molar-refractivity contribution in [3.63, 3.8) is 0 Å². The van der Waals surface area contributed by atoms with E-state index >= 15 is 0 Å². The topological polar surface area (TPSA) is 0 Å². The van der Waals surface area contributed by atoms with Crippen molar-refractivity contribution in [1.29, 1.82) is 0 Å². The monoisotopic (exact) mass is 276 g/mol. The molecule has 0 aliphatic rings. The average Bonchev–Trinajstić information content (AvgIpc) is 2.04. The second-order valence-electron chi connectivity index (χ2n) is 2.05. The molecule has 0 aromatic heterocycles. The van der Waals surface area contributed by atoms with Crippen LogP contribution in [0.2, 0.25) is 5.02 Å². The molecule has 0 saturated carbocycles. The van der Waals surface area contributed by atoms with E-state index in [1.165, 1.54) is 0 Å². The Bertz CT molecular complexity index is 288. The van der Waals surface area contributed by atoms with Gasteiger partial charge in [0.05, 0.1) is 3.92 Å². The molecular weight excluding hydrogens is 270 g/mol. The summed E-state index contributed by atoms with van der Waals surface area (Å²) >= 11 is 8.07. The van der Waals surface area contributed by atoms with Gasteiger partial charge < -0.3 is 0 Å². The molecule has 0 spiro atoms. The van der Waals surface area contributed by atoms with Crippen molar-refractivity contribution in [2.24, 2.45) is 0 Å². The van der Waals surface area contributed by atoms with E-state index in [9.17, 15) is 0 Å². The zero-order valence-electron chi connectivity index (χ0n) is 5.72. The summed E-state index contributed by atoms with van der Waals surface area (Å²) in [6, 6.07) is 7.62. The Balaban J connectivity index is 3.05. The van der Waals surface area contributed by atoms with E-state index in [2.05, 4.69) is 28.5 Å². The molecular formula is C9H6ClI. The number of terminal acetylenes is 1. The third kappa shape index (κ3) is 2.11. The molecule has 1 rings (SSSR count). The van der Waals surface area contributed by atoms with E-state index in [4.69, 9.17) is 18.0 Å². The van der Waals surface area contributed by atoms with Crippen molar-refractivity contribution in [2.45, 2.75) is 3.92 Å². The van der Waals surface area contributed by atoms with Crippen LogP contribution in [0.3, 0.4) is 0 Å². The second-order valence-corrected chi connectivity index (χ2v) is 3.70. The highest BCUT2D eigenvalue weighted by atomic mass is 127. The molecule has 0 nitrogen and oxygen atoms in total. The van der Waals surface area contributed by atoms with Crippen molar-refractivity contribution < 1.29 is 0 Å². The van der Waals surface area contributed by atoms with E-state index in [-0.39, 0.29) is 3.92 Å². The van der Waals surface area contributed by atoms with E-state index in [1.807, 2.05) is 24.3 Å². The summed E-state index contributed by atoms with van der Waals surface area (Å²) in [6.45, 7) is 0. The molecule has 0 aliphatic heterocycles. The number of hydrogen-bond donors (Lipinski definition) is 0. The molecule has 2 heteroatoms. The van der Waals surface area contributed by atoms with Crippen LogP contribution in [0.15, 0.2) is 24.3 Å². The molecule has 1 aromatic rings. The van der Waals surface area contributed by atoms with Gasteiger partial charge >= 0.3 is 0 Å². The van der Waals surface area contributed by atoms with Crippen LogP contribution >= 0.6 is 34.2 Å². The lowest BCUT2D eigenvalue weighted by molar-refractivity contribution is 1.33. The predicted molar refractivity (Wildman–Crippen MR) is 57.0 cm³/mol. The molecule has 1 unspecified atom stereocenters. The quantitative estimate of drug-likeness (QED) is 0.419. The van der Waals surface area contributed by atoms with Crippen LogP contribution in [0.1, 0.15) is 9.49 Å². The average molecular weight is 277 g/mol. The minimum Gasteiger partial charge on any atom is -0.119 e. The molecule has 0 bridgehead atoms. The van der Waals surface area contributed by atoms with Crippen molar-refractivity contribution in [1.82, 2.24) is 0 Å². The normalized spacial score (nSPS) is 12.1. The molecule has 11 heavy (non-hydrogen) atoms. The van der Waals surface area contributed by atoms with Crippen molar-refractivity contribution in [3.05, 3.63) is 34.9 Å². The van der Waals surface area contributed by atoms with E-state index < -0.39 is 0 Å². The Morgan fingerprint density at radius 3 is 2.64 bits per heavy atom. The summed E-state index contributed by atoms with van der Waals surface area (Å²) in [5.74, 6) is 2.62. The highest BCUT2D eigenvalue weighted by Gasteiger charge is 2.05. The van der Waals surface area contributed by atoms with Crippen LogP contribution in [-0.2, 0) is 0 Å². The van der Waals surface area contributed by atoms with Gasteiger partial charge in [0.25, 0.3) is 0 Å². The van der Waals surface area contributed by atoms with Crippen LogP contribution in [0.25, 0.3) is 0 Å². The summed E-state index contributed by atoms with van der Waals surface area (Å²) in [5.41, 5.74) is 1.01. The fraction of sp³-hybridized carbons (Fsp3) is 0.111. The Kier molecular flexibility index (Phi) is 3.22. The summed E-state index contributed by atoms with van der Waals surface area (Å²) in [7, 11) is 0. The maximum atomic E-state index is 5.90. The first-order chi connectivity index (χ1) is 5.25. The summed E-state index contributed by atoms with van der Waals surface area (Å²) in [6.07, 6.45) is 5.26. The van der Waals surface area contributed by atoms with Gasteiger partial charge in [-0.15, -0.1) is 6.42 Å². The fourth-order valence-corrected chi connectivity index (χ4v) is 1.74. The second kappa shape index (κ2) is 3.99. The standard InChI is InChI=1S/C9H6ClI/c1-2-9(11)7-5-3-4-6-8(7)10/h1,3-6,9H. The third-order valence-electron chi connectivity index (χ3n) is 1.32. The number of hydrogen-bond acceptors (Lipinski definition) is 0. The lowest BCUT2D eigenvalue weighted by Crippen LogP contribution is -1.85. The van der Waals surface area contributed by atoms with Gasteiger partial charge in [0.15, 0.2) is 0 Å². The molecule has 0 heterocycles. The summed E-state index contributed by atoms with van der Waals surface area (Å²) in [4.78, 5) is 0. The zero-order chi connectivity index (χ0) is 8.27. The SMILES string of the molecule is C#CC(I)c1ccccc1Cl. The molecule has 56 valence electrons. The van der Waals surface area contributed by atoms with Crippen LogP contribution in [0.5, 0.6) is 0 Å². The van der Waals surface area contributed by atoms with Gasteiger partial charge in [-0.2, -0.15) is 0 Å². The van der Waals surface area contributed by atoms with Gasteiger partial charge in [0, 0.05) is 5.02 Å². The van der Waals surface area contributed by atoms with Gasteiger partial charge in [-0.25, -0.2) is 0 Å². The molecule has 1 aromatic carbocycles. The smallest absolute Gasteiger partial charge is 0.0979 e. The zero-order valence-corrected chi connectivity index (χ0v) is 8.63. The molecule has 0 fully saturated rings. The van der Waals surface area contributed by atoms with Crippen molar-refractivity contribution >= 4 is 34.2 Å². The lowest BCUT2D eigenvalue weighted by atomic mass is 10.2. The molecule has 0 radical (unpaired) electrons. The van der Waals surface area contributed by atoms with Crippen LogP contribution < -0.4 is 0 Å². The van der Waals surface area contributed by atoms with Gasteiger partial charge in [-0.1, -0.05) is 58.3 Å². The summed E-state index contributed by atoms with van der Waals surface area (Å²) < 4.78 is 0.0706. The molecule has 0 N–H and O–H groups in total. The number of alkyl halides is 1. The molecule has 1 atom stereocenters. The maximum Gasteiger partial charge on any atom is 0.0979 e. The minimum atomic E-state index is 0.0706. The Labute approximate surface area is 85.1 Å². The fourth-order valence-electron chi connectivity index (χ4n) is 0.770. The van der Waals surface area contributed by atoms with Crippen LogP contribution in [-0.4, -0.2) is 0 Å². The van der Waals surface area contributed by atoms with Gasteiger partial charge in [-0.3, -0.25) is 0 Å². The van der Waals surface area contributed by atoms with E-state index in [1.54, 1.807) is 0 Å². The van der Waals surface area contributed by atoms with E-state index in [0.717, 1.165) is 10.6 Å². The number of halogens is 2. The first-order valence-corrected chi connectivity index (χ1v) is 4.72. The van der Waals surface area contributed by atoms with Crippen LogP contribution in [0.4, 0.5) is 0 Å². The maximum absolute atomic E-state index is 5.90. The number of benzene rings is 1. The number of rotatable bonds is 1. The Morgan fingerprint density at radius 1 is 1.45 bits per heavy atom. The largest absolute Gasteiger partial charge is 0.119 e. The van der Waals surface area contributed by atoms with Gasteiger partial charge in [0.2, 0.25) is 0 Å². The van der Waals surface area contributed by atoms with Crippen molar-refractivity contribution in [2.75, 3.05) is 0 Å². The first kappa shape index (κ1) is 8.89. The molecule has 0 amide bonds. The highest BCUT2D eigenvalue weighted by Crippen LogP contribution is 2.28. The third-order valence-corrected chi connectivity index (χ3v) is 2.70. The highest BCUT2D eigenvalue weighted by molar-refractivity contribution is 14.1. The Morgan fingerprint density at radius 2 is 2.09 bits per heavy atom. The van der Waals surface area contributed by atoms with Crippen LogP contribution in [0, 0.1) is 12.3 Å². The first-order valence-electron chi connectivity index (χ1n) is 3.10. The Hall–Kier alpha value is -0.200. The predicted octanol–water partition coefficient (Wildman–Crippen LogP) is 3.45. The lowest BCUT2D eigenvalue weighted by Gasteiger charge is -2.03. The van der Waals surface area contributed by atoms with E-state index in [0.29, 0.717) is 0 Å².